The zero-order valence-corrected chi connectivity index (χ0v) is 21.3. The van der Waals surface area contributed by atoms with Crippen LogP contribution in [0.3, 0.4) is 0 Å². The van der Waals surface area contributed by atoms with Crippen molar-refractivity contribution in [2.75, 3.05) is 20.3 Å². The molecule has 3 rings (SSSR count). The molecule has 1 amide bonds. The van der Waals surface area contributed by atoms with Crippen LogP contribution in [0.25, 0.3) is 6.08 Å². The molecule has 0 radical (unpaired) electrons. The predicted molar refractivity (Wildman–Crippen MR) is 135 cm³/mol. The van der Waals surface area contributed by atoms with Crippen molar-refractivity contribution in [2.45, 2.75) is 17.6 Å². The molecule has 206 valence electrons. The second-order valence-corrected chi connectivity index (χ2v) is 9.69. The Hall–Kier alpha value is -4.23. The third-order valence-corrected chi connectivity index (χ3v) is 6.57. The molecule has 9 nitrogen and oxygen atoms in total. The lowest BCUT2D eigenvalue weighted by molar-refractivity contribution is -0.384. The van der Waals surface area contributed by atoms with Gasteiger partial charge < -0.3 is 13.8 Å². The van der Waals surface area contributed by atoms with Crippen LogP contribution in [0, 0.1) is 10.1 Å². The van der Waals surface area contributed by atoms with Crippen molar-refractivity contribution in [1.29, 1.82) is 0 Å². The molecular formula is C26H23F3N2O7S. The number of halogens is 3. The maximum atomic E-state index is 13.0. The van der Waals surface area contributed by atoms with Crippen LogP contribution >= 0.6 is 0 Å². The lowest BCUT2D eigenvalue weighted by Gasteiger charge is -2.21. The number of ether oxygens (including phenoxy) is 1. The molecule has 0 spiro atoms. The first kappa shape index (κ1) is 29.3. The first-order valence-corrected chi connectivity index (χ1v) is 12.7. The number of amides is 1. The maximum Gasteiger partial charge on any atom is 0.416 e. The SMILES string of the molecule is COCCN(Cc1cccc(OS(=O)(=O)c2cccc(C(F)(F)F)c2)c1)C(=O)/C=C/c1ccc([N+](=O)[O-])cc1. The Morgan fingerprint density at radius 2 is 1.74 bits per heavy atom. The molecule has 0 aliphatic rings. The van der Waals surface area contributed by atoms with Gasteiger partial charge in [0.05, 0.1) is 17.1 Å². The topological polar surface area (TPSA) is 116 Å². The summed E-state index contributed by atoms with van der Waals surface area (Å²) in [5.74, 6) is -0.557. The van der Waals surface area contributed by atoms with Gasteiger partial charge in [-0.25, -0.2) is 0 Å². The fraction of sp³-hybridized carbons (Fsp3) is 0.192. The van der Waals surface area contributed by atoms with Gasteiger partial charge in [0.2, 0.25) is 5.91 Å². The van der Waals surface area contributed by atoms with E-state index in [-0.39, 0.29) is 31.1 Å². The van der Waals surface area contributed by atoms with E-state index in [0.29, 0.717) is 17.2 Å². The summed E-state index contributed by atoms with van der Waals surface area (Å²) < 4.78 is 74.4. The van der Waals surface area contributed by atoms with Gasteiger partial charge >= 0.3 is 16.3 Å². The van der Waals surface area contributed by atoms with Crippen LogP contribution < -0.4 is 4.18 Å². The molecule has 0 atom stereocenters. The van der Waals surface area contributed by atoms with Gasteiger partial charge in [-0.1, -0.05) is 18.2 Å². The molecule has 0 heterocycles. The summed E-state index contributed by atoms with van der Waals surface area (Å²) in [6.45, 7) is 0.429. The lowest BCUT2D eigenvalue weighted by atomic mass is 10.1. The number of non-ortho nitro benzene ring substituents is 1. The van der Waals surface area contributed by atoms with Gasteiger partial charge in [-0.15, -0.1) is 0 Å². The molecule has 0 N–H and O–H groups in total. The van der Waals surface area contributed by atoms with Gasteiger partial charge in [-0.3, -0.25) is 14.9 Å². The van der Waals surface area contributed by atoms with Crippen LogP contribution in [0.15, 0.2) is 83.8 Å². The van der Waals surface area contributed by atoms with E-state index in [1.807, 2.05) is 0 Å². The summed E-state index contributed by atoms with van der Waals surface area (Å²) in [5.41, 5.74) is -0.164. The van der Waals surface area contributed by atoms with E-state index < -0.39 is 37.6 Å². The van der Waals surface area contributed by atoms with Gasteiger partial charge in [-0.05, 0) is 59.7 Å². The first-order chi connectivity index (χ1) is 18.4. The molecule has 0 saturated carbocycles. The Morgan fingerprint density at radius 1 is 1.05 bits per heavy atom. The number of nitrogens with zero attached hydrogens (tertiary/aromatic N) is 2. The van der Waals surface area contributed by atoms with E-state index in [0.717, 1.165) is 18.2 Å². The van der Waals surface area contributed by atoms with Crippen LogP contribution in [-0.4, -0.2) is 44.4 Å². The summed E-state index contributed by atoms with van der Waals surface area (Å²) in [5, 5.41) is 10.8. The fourth-order valence-corrected chi connectivity index (χ4v) is 4.34. The van der Waals surface area contributed by atoms with Crippen molar-refractivity contribution >= 4 is 27.8 Å². The Labute approximate surface area is 222 Å². The van der Waals surface area contributed by atoms with Crippen LogP contribution in [0.4, 0.5) is 18.9 Å². The highest BCUT2D eigenvalue weighted by atomic mass is 32.2. The molecule has 3 aromatic rings. The summed E-state index contributed by atoms with van der Waals surface area (Å²) in [6.07, 6.45) is -1.95. The number of alkyl halides is 3. The summed E-state index contributed by atoms with van der Waals surface area (Å²) in [4.78, 5) is 23.9. The molecule has 39 heavy (non-hydrogen) atoms. The number of benzene rings is 3. The molecule has 0 saturated heterocycles. The Kier molecular flexibility index (Phi) is 9.43. The molecule has 3 aromatic carbocycles. The molecule has 0 aliphatic heterocycles. The predicted octanol–water partition coefficient (Wildman–Crippen LogP) is 5.07. The van der Waals surface area contributed by atoms with Crippen molar-refractivity contribution in [2.24, 2.45) is 0 Å². The van der Waals surface area contributed by atoms with Crippen molar-refractivity contribution < 1.29 is 40.2 Å². The minimum Gasteiger partial charge on any atom is -0.383 e. The van der Waals surface area contributed by atoms with Gasteiger partial charge in [0, 0.05) is 38.4 Å². The van der Waals surface area contributed by atoms with E-state index in [9.17, 15) is 36.5 Å². The normalized spacial score (nSPS) is 11.9. The van der Waals surface area contributed by atoms with Crippen molar-refractivity contribution in [3.05, 3.63) is 106 Å². The summed E-state index contributed by atoms with van der Waals surface area (Å²) >= 11 is 0. The number of nitro benzene ring substituents is 1. The molecular weight excluding hydrogens is 541 g/mol. The minimum absolute atomic E-state index is 0.0353. The third-order valence-electron chi connectivity index (χ3n) is 5.33. The van der Waals surface area contributed by atoms with E-state index in [2.05, 4.69) is 0 Å². The van der Waals surface area contributed by atoms with E-state index in [4.69, 9.17) is 8.92 Å². The van der Waals surface area contributed by atoms with Gasteiger partial charge in [0.1, 0.15) is 10.6 Å². The summed E-state index contributed by atoms with van der Waals surface area (Å²) in [7, 11) is -3.11. The zero-order valence-electron chi connectivity index (χ0n) is 20.5. The van der Waals surface area contributed by atoms with E-state index in [1.54, 1.807) is 6.07 Å². The zero-order chi connectivity index (χ0) is 28.6. The van der Waals surface area contributed by atoms with Crippen LogP contribution in [0.5, 0.6) is 5.75 Å². The Morgan fingerprint density at radius 3 is 2.38 bits per heavy atom. The fourth-order valence-electron chi connectivity index (χ4n) is 3.37. The number of nitro groups is 1. The molecule has 0 aromatic heterocycles. The van der Waals surface area contributed by atoms with Crippen molar-refractivity contribution in [3.8, 4) is 5.75 Å². The van der Waals surface area contributed by atoms with Gasteiger partial charge in [-0.2, -0.15) is 21.6 Å². The largest absolute Gasteiger partial charge is 0.416 e. The molecule has 13 heteroatoms. The van der Waals surface area contributed by atoms with Gasteiger partial charge in [0.25, 0.3) is 5.69 Å². The quantitative estimate of drug-likeness (QED) is 0.138. The molecule has 0 unspecified atom stereocenters. The Balaban J connectivity index is 1.76. The third kappa shape index (κ3) is 8.38. The second-order valence-electron chi connectivity index (χ2n) is 8.15. The minimum atomic E-state index is -4.73. The average Bonchev–Trinajstić information content (AvgIpc) is 2.89. The molecule has 0 aliphatic carbocycles. The lowest BCUT2D eigenvalue weighted by Crippen LogP contribution is -2.32. The summed E-state index contributed by atoms with van der Waals surface area (Å²) in [6, 6.07) is 14.6. The monoisotopic (exact) mass is 564 g/mol. The van der Waals surface area contributed by atoms with Gasteiger partial charge in [0.15, 0.2) is 0 Å². The highest BCUT2D eigenvalue weighted by molar-refractivity contribution is 7.87. The Bertz CT molecular complexity index is 1460. The second kappa shape index (κ2) is 12.5. The standard InChI is InChI=1S/C26H23F3N2O7S/c1-37-15-14-30(25(32)13-10-19-8-11-22(12-9-19)31(33)34)18-20-4-2-6-23(16-20)38-39(35,36)24-7-3-5-21(17-24)26(27,28)29/h2-13,16-17H,14-15,18H2,1H3/b13-10+. The highest BCUT2D eigenvalue weighted by Gasteiger charge is 2.32. The van der Waals surface area contributed by atoms with Crippen LogP contribution in [0.2, 0.25) is 0 Å². The smallest absolute Gasteiger partial charge is 0.383 e. The van der Waals surface area contributed by atoms with Crippen molar-refractivity contribution in [1.82, 2.24) is 4.90 Å². The number of rotatable bonds is 11. The van der Waals surface area contributed by atoms with Crippen LogP contribution in [-0.2, 0) is 32.4 Å². The molecule has 0 bridgehead atoms. The first-order valence-electron chi connectivity index (χ1n) is 11.3. The number of hydrogen-bond donors (Lipinski definition) is 0. The maximum absolute atomic E-state index is 13.0. The van der Waals surface area contributed by atoms with E-state index in [1.165, 1.54) is 66.6 Å². The number of carbonyl (C=O) groups excluding carboxylic acids is 1. The highest BCUT2D eigenvalue weighted by Crippen LogP contribution is 2.31. The molecule has 0 fully saturated rings. The number of methoxy groups -OCH3 is 1. The van der Waals surface area contributed by atoms with E-state index >= 15 is 0 Å². The van der Waals surface area contributed by atoms with Crippen LogP contribution in [0.1, 0.15) is 16.7 Å². The van der Waals surface area contributed by atoms with Crippen molar-refractivity contribution in [3.63, 3.8) is 0 Å². The number of carbonyl (C=O) groups is 1. The average molecular weight is 565 g/mol. The number of hydrogen-bond acceptors (Lipinski definition) is 7.